The first-order valence-electron chi connectivity index (χ1n) is 7.18. The average Bonchev–Trinajstić information content (AvgIpc) is 3.38. The molecular weight excluding hydrogens is 312 g/mol. The molecular formula is C18H12O6. The van der Waals surface area contributed by atoms with E-state index in [2.05, 4.69) is 0 Å². The molecule has 0 aliphatic carbocycles. The molecule has 4 heterocycles. The Morgan fingerprint density at radius 1 is 0.750 bits per heavy atom. The predicted molar refractivity (Wildman–Crippen MR) is 80.8 cm³/mol. The predicted octanol–water partition coefficient (Wildman–Crippen LogP) is 4.14. The van der Waals surface area contributed by atoms with Gasteiger partial charge in [0.2, 0.25) is 11.2 Å². The van der Waals surface area contributed by atoms with Gasteiger partial charge in [-0.25, -0.2) is 4.79 Å². The van der Waals surface area contributed by atoms with Crippen molar-refractivity contribution in [2.75, 3.05) is 0 Å². The quantitative estimate of drug-likeness (QED) is 0.593. The summed E-state index contributed by atoms with van der Waals surface area (Å²) in [4.78, 5) is 11.2. The van der Waals surface area contributed by atoms with Crippen molar-refractivity contribution in [2.45, 2.75) is 5.41 Å². The Labute approximate surface area is 135 Å². The van der Waals surface area contributed by atoms with Crippen LogP contribution < -0.4 is 0 Å². The van der Waals surface area contributed by atoms with Crippen LogP contribution in [0.2, 0.25) is 0 Å². The van der Waals surface area contributed by atoms with Gasteiger partial charge in [0.1, 0.15) is 23.0 Å². The highest BCUT2D eigenvalue weighted by atomic mass is 16.4. The molecule has 4 aromatic heterocycles. The summed E-state index contributed by atoms with van der Waals surface area (Å²) < 4.78 is 22.5. The maximum atomic E-state index is 11.2. The lowest BCUT2D eigenvalue weighted by atomic mass is 9.77. The average molecular weight is 324 g/mol. The fourth-order valence-corrected chi connectivity index (χ4v) is 2.86. The lowest BCUT2D eigenvalue weighted by molar-refractivity contribution is 0.0658. The monoisotopic (exact) mass is 324 g/mol. The maximum Gasteiger partial charge on any atom is 0.371 e. The van der Waals surface area contributed by atoms with E-state index >= 15 is 0 Å². The minimum atomic E-state index is -1.16. The van der Waals surface area contributed by atoms with Crippen LogP contribution in [0.3, 0.4) is 0 Å². The van der Waals surface area contributed by atoms with E-state index < -0.39 is 11.4 Å². The van der Waals surface area contributed by atoms with Crippen LogP contribution in [0.1, 0.15) is 33.6 Å². The number of carboxylic acids is 1. The van der Waals surface area contributed by atoms with Gasteiger partial charge in [-0.15, -0.1) is 0 Å². The first-order chi connectivity index (χ1) is 11.7. The molecule has 24 heavy (non-hydrogen) atoms. The van der Waals surface area contributed by atoms with Gasteiger partial charge in [-0.05, 0) is 48.5 Å². The van der Waals surface area contributed by atoms with Crippen molar-refractivity contribution in [2.24, 2.45) is 0 Å². The van der Waals surface area contributed by atoms with Gasteiger partial charge in [0, 0.05) is 0 Å². The van der Waals surface area contributed by atoms with Gasteiger partial charge < -0.3 is 22.8 Å². The van der Waals surface area contributed by atoms with Crippen molar-refractivity contribution >= 4 is 5.97 Å². The summed E-state index contributed by atoms with van der Waals surface area (Å²) in [5.74, 6) is 0.434. The van der Waals surface area contributed by atoms with Crippen molar-refractivity contribution < 1.29 is 27.6 Å². The SMILES string of the molecule is O=C(O)c1ccc(C(c2ccco2)(c2ccco2)c2ccco2)o1. The minimum Gasteiger partial charge on any atom is -0.475 e. The molecule has 0 aromatic carbocycles. The topological polar surface area (TPSA) is 89.9 Å². The van der Waals surface area contributed by atoms with E-state index in [1.807, 2.05) is 0 Å². The summed E-state index contributed by atoms with van der Waals surface area (Å²) in [6, 6.07) is 13.4. The number of rotatable bonds is 5. The number of furan rings is 4. The maximum absolute atomic E-state index is 11.2. The normalized spacial score (nSPS) is 11.7. The summed E-state index contributed by atoms with van der Waals surface area (Å²) in [6.07, 6.45) is 4.57. The molecule has 4 rings (SSSR count). The highest BCUT2D eigenvalue weighted by Gasteiger charge is 2.49. The number of hydrogen-bond acceptors (Lipinski definition) is 5. The molecule has 6 nitrogen and oxygen atoms in total. The Kier molecular flexibility index (Phi) is 3.16. The van der Waals surface area contributed by atoms with Crippen molar-refractivity contribution in [1.82, 2.24) is 0 Å². The molecule has 0 bridgehead atoms. The van der Waals surface area contributed by atoms with E-state index in [1.165, 1.54) is 24.9 Å². The zero-order chi connectivity index (χ0) is 16.6. The molecule has 0 aliphatic rings. The summed E-state index contributed by atoms with van der Waals surface area (Å²) >= 11 is 0. The van der Waals surface area contributed by atoms with E-state index in [9.17, 15) is 9.90 Å². The third-order valence-electron chi connectivity index (χ3n) is 3.86. The molecule has 0 aliphatic heterocycles. The number of aromatic carboxylic acids is 1. The molecule has 0 amide bonds. The molecule has 0 radical (unpaired) electrons. The number of carboxylic acid groups (broad SMARTS) is 1. The molecule has 0 fully saturated rings. The van der Waals surface area contributed by atoms with E-state index in [4.69, 9.17) is 17.7 Å². The third-order valence-corrected chi connectivity index (χ3v) is 3.86. The fraction of sp³-hybridized carbons (Fsp3) is 0.0556. The second-order valence-corrected chi connectivity index (χ2v) is 5.15. The lowest BCUT2D eigenvalue weighted by Crippen LogP contribution is -2.29. The molecule has 1 N–H and O–H groups in total. The van der Waals surface area contributed by atoms with Gasteiger partial charge in [-0.1, -0.05) is 0 Å². The molecule has 120 valence electrons. The molecule has 0 atom stereocenters. The Balaban J connectivity index is 2.06. The van der Waals surface area contributed by atoms with Crippen LogP contribution in [0.5, 0.6) is 0 Å². The first kappa shape index (κ1) is 14.2. The standard InChI is InChI=1S/C18H12O6/c19-17(20)12-7-8-16(24-12)18(13-4-1-9-21-13,14-5-2-10-22-14)15-6-3-11-23-15/h1-11H,(H,19,20). The van der Waals surface area contributed by atoms with Gasteiger partial charge in [-0.3, -0.25) is 0 Å². The van der Waals surface area contributed by atoms with Crippen LogP contribution in [-0.4, -0.2) is 11.1 Å². The van der Waals surface area contributed by atoms with Gasteiger partial charge in [0.25, 0.3) is 0 Å². The molecule has 4 aromatic rings. The van der Waals surface area contributed by atoms with E-state index in [0.717, 1.165) is 0 Å². The zero-order valence-electron chi connectivity index (χ0n) is 12.3. The first-order valence-corrected chi connectivity index (χ1v) is 7.18. The lowest BCUT2D eigenvalue weighted by Gasteiger charge is -2.25. The van der Waals surface area contributed by atoms with Crippen LogP contribution in [0, 0.1) is 0 Å². The van der Waals surface area contributed by atoms with Crippen LogP contribution in [0.15, 0.2) is 85.0 Å². The second-order valence-electron chi connectivity index (χ2n) is 5.15. The largest absolute Gasteiger partial charge is 0.475 e. The molecule has 6 heteroatoms. The van der Waals surface area contributed by atoms with E-state index in [-0.39, 0.29) is 5.76 Å². The van der Waals surface area contributed by atoms with E-state index in [0.29, 0.717) is 23.0 Å². The van der Waals surface area contributed by atoms with Crippen LogP contribution in [0.4, 0.5) is 0 Å². The van der Waals surface area contributed by atoms with Gasteiger partial charge in [-0.2, -0.15) is 0 Å². The Morgan fingerprint density at radius 2 is 1.25 bits per heavy atom. The van der Waals surface area contributed by atoms with Crippen LogP contribution in [-0.2, 0) is 5.41 Å². The van der Waals surface area contributed by atoms with E-state index in [1.54, 1.807) is 42.5 Å². The van der Waals surface area contributed by atoms with Gasteiger partial charge in [0.05, 0.1) is 18.8 Å². The Bertz CT molecular complexity index is 842. The highest BCUT2D eigenvalue weighted by molar-refractivity contribution is 5.84. The van der Waals surface area contributed by atoms with Gasteiger partial charge >= 0.3 is 5.97 Å². The smallest absolute Gasteiger partial charge is 0.371 e. The molecule has 0 unspecified atom stereocenters. The number of carbonyl (C=O) groups is 1. The van der Waals surface area contributed by atoms with Crippen molar-refractivity contribution in [1.29, 1.82) is 0 Å². The van der Waals surface area contributed by atoms with Crippen molar-refractivity contribution in [3.8, 4) is 0 Å². The second kappa shape index (κ2) is 5.34. The fourth-order valence-electron chi connectivity index (χ4n) is 2.86. The van der Waals surface area contributed by atoms with Crippen molar-refractivity contribution in [3.63, 3.8) is 0 Å². The summed E-state index contributed by atoms with van der Waals surface area (Å²) in [5, 5.41) is 9.19. The third kappa shape index (κ3) is 1.93. The Hall–Kier alpha value is -3.41. The summed E-state index contributed by atoms with van der Waals surface area (Å²) in [5.41, 5.74) is -1.16. The van der Waals surface area contributed by atoms with Crippen LogP contribution >= 0.6 is 0 Å². The van der Waals surface area contributed by atoms with Crippen molar-refractivity contribution in [3.05, 3.63) is 96.1 Å². The summed E-state index contributed by atoms with van der Waals surface area (Å²) in [6.45, 7) is 0. The number of hydrogen-bond donors (Lipinski definition) is 1. The molecule has 0 saturated carbocycles. The minimum absolute atomic E-state index is 0.181. The highest BCUT2D eigenvalue weighted by Crippen LogP contribution is 2.46. The van der Waals surface area contributed by atoms with Crippen LogP contribution in [0.25, 0.3) is 0 Å². The molecule has 0 spiro atoms. The molecule has 0 saturated heterocycles. The summed E-state index contributed by atoms with van der Waals surface area (Å²) in [7, 11) is 0. The Morgan fingerprint density at radius 3 is 1.58 bits per heavy atom. The van der Waals surface area contributed by atoms with Gasteiger partial charge in [0.15, 0.2) is 0 Å². The zero-order valence-corrected chi connectivity index (χ0v) is 12.3.